The summed E-state index contributed by atoms with van der Waals surface area (Å²) in [6, 6.07) is -1.88. The van der Waals surface area contributed by atoms with Gasteiger partial charge in [-0.2, -0.15) is 0 Å². The van der Waals surface area contributed by atoms with Gasteiger partial charge in [-0.15, -0.1) is 6.58 Å². The molecule has 2 aliphatic heterocycles. The second-order valence-corrected chi connectivity index (χ2v) is 15.9. The van der Waals surface area contributed by atoms with Crippen LogP contribution in [0.15, 0.2) is 31.1 Å². The Morgan fingerprint density at radius 2 is 1.62 bits per heavy atom. The lowest BCUT2D eigenvalue weighted by Crippen LogP contribution is -2.64. The quantitative estimate of drug-likeness (QED) is 0.0832. The number of anilines is 1. The zero-order chi connectivity index (χ0) is 39.5. The average molecular weight is 742 g/mol. The van der Waals surface area contributed by atoms with E-state index in [9.17, 15) is 29.1 Å². The molecule has 6 atom stereocenters. The molecule has 2 aliphatic rings. The summed E-state index contributed by atoms with van der Waals surface area (Å²) in [6.45, 7) is 21.4. The molecule has 0 bridgehead atoms. The van der Waals surface area contributed by atoms with E-state index >= 15 is 0 Å². The number of carbonyl (C=O) groups excluding carboxylic acids is 5. The number of hydrogen-bond donors (Lipinski definition) is 5. The van der Waals surface area contributed by atoms with Crippen molar-refractivity contribution in [1.29, 1.82) is 0 Å². The molecule has 296 valence electrons. The Morgan fingerprint density at radius 3 is 2.17 bits per heavy atom. The summed E-state index contributed by atoms with van der Waals surface area (Å²) in [7, 11) is 0. The summed E-state index contributed by atoms with van der Waals surface area (Å²) in [5.41, 5.74) is -0.716. The summed E-state index contributed by atoms with van der Waals surface area (Å²) < 4.78 is 0. The van der Waals surface area contributed by atoms with Gasteiger partial charge in [-0.1, -0.05) is 74.3 Å². The average Bonchev–Trinajstić information content (AvgIpc) is 3.58. The van der Waals surface area contributed by atoms with Crippen molar-refractivity contribution in [3.63, 3.8) is 0 Å². The fourth-order valence-electron chi connectivity index (χ4n) is 7.00. The lowest BCUT2D eigenvalue weighted by Gasteiger charge is -2.40. The van der Waals surface area contributed by atoms with Crippen LogP contribution in [0, 0.1) is 23.2 Å². The predicted molar refractivity (Wildman–Crippen MR) is 203 cm³/mol. The first kappa shape index (κ1) is 43.5. The number of Topliss-reactive ketones (excluding diaryl/α,β-unsaturated/α-hetero) is 1. The molecule has 3 heterocycles. The number of amides is 4. The highest BCUT2D eigenvalue weighted by atomic mass is 16.3. The summed E-state index contributed by atoms with van der Waals surface area (Å²) in [4.78, 5) is 82.0. The Balaban J connectivity index is 1.76. The number of aliphatic hydroxyl groups excluding tert-OH is 1. The van der Waals surface area contributed by atoms with Gasteiger partial charge in [0, 0.05) is 51.7 Å². The van der Waals surface area contributed by atoms with E-state index in [1.165, 1.54) is 11.0 Å². The van der Waals surface area contributed by atoms with E-state index in [-0.39, 0.29) is 42.5 Å². The summed E-state index contributed by atoms with van der Waals surface area (Å²) in [6.07, 6.45) is 5.64. The highest BCUT2D eigenvalue weighted by Gasteiger charge is 2.48. The zero-order valence-electron chi connectivity index (χ0n) is 32.9. The lowest BCUT2D eigenvalue weighted by atomic mass is 9.84. The Labute approximate surface area is 315 Å². The maximum atomic E-state index is 14.5. The lowest BCUT2D eigenvalue weighted by molar-refractivity contribution is -0.146. The third kappa shape index (κ3) is 11.8. The van der Waals surface area contributed by atoms with Gasteiger partial charge in [-0.3, -0.25) is 34.6 Å². The smallest absolute Gasteiger partial charge is 0.289 e. The molecule has 5 N–H and O–H groups in total. The topological polar surface area (TPSA) is 189 Å². The van der Waals surface area contributed by atoms with Gasteiger partial charge in [0.1, 0.15) is 6.04 Å². The van der Waals surface area contributed by atoms with Crippen molar-refractivity contribution in [2.24, 2.45) is 23.2 Å². The van der Waals surface area contributed by atoms with Crippen LogP contribution in [0.2, 0.25) is 0 Å². The molecule has 2 saturated heterocycles. The summed E-state index contributed by atoms with van der Waals surface area (Å²) in [5, 5.41) is 22.8. The van der Waals surface area contributed by atoms with Gasteiger partial charge >= 0.3 is 0 Å². The molecule has 0 saturated carbocycles. The van der Waals surface area contributed by atoms with E-state index in [1.54, 1.807) is 23.4 Å². The molecule has 0 aromatic carbocycles. The molecule has 0 radical (unpaired) electrons. The van der Waals surface area contributed by atoms with E-state index in [0.717, 1.165) is 6.42 Å². The Morgan fingerprint density at radius 1 is 0.981 bits per heavy atom. The maximum absolute atomic E-state index is 14.5. The number of hydrogen-bond acceptors (Lipinski definition) is 11. The monoisotopic (exact) mass is 741 g/mol. The second kappa shape index (κ2) is 19.9. The molecule has 15 nitrogen and oxygen atoms in total. The number of rotatable bonds is 18. The van der Waals surface area contributed by atoms with E-state index in [1.807, 2.05) is 60.3 Å². The van der Waals surface area contributed by atoms with Crippen LogP contribution in [0.25, 0.3) is 0 Å². The number of likely N-dealkylation sites (tertiary alicyclic amines) is 1. The van der Waals surface area contributed by atoms with Gasteiger partial charge in [0.2, 0.25) is 29.5 Å². The van der Waals surface area contributed by atoms with Crippen molar-refractivity contribution in [2.45, 2.75) is 112 Å². The summed E-state index contributed by atoms with van der Waals surface area (Å²) in [5.74, 6) is -2.29. The zero-order valence-corrected chi connectivity index (χ0v) is 32.9. The molecule has 0 aliphatic carbocycles. The van der Waals surface area contributed by atoms with Crippen LogP contribution in [0.5, 0.6) is 0 Å². The number of nitrogens with zero attached hydrogens (tertiary/aromatic N) is 5. The first-order valence-electron chi connectivity index (χ1n) is 19.1. The van der Waals surface area contributed by atoms with Crippen LogP contribution >= 0.6 is 0 Å². The van der Waals surface area contributed by atoms with Gasteiger partial charge < -0.3 is 30.4 Å². The second-order valence-electron chi connectivity index (χ2n) is 15.9. The van der Waals surface area contributed by atoms with Gasteiger partial charge in [-0.25, -0.2) is 9.97 Å². The van der Waals surface area contributed by atoms with Crippen molar-refractivity contribution < 1.29 is 29.1 Å². The van der Waals surface area contributed by atoms with Crippen molar-refractivity contribution in [2.75, 3.05) is 44.2 Å². The number of piperazine rings is 1. The van der Waals surface area contributed by atoms with Gasteiger partial charge in [0.05, 0.1) is 18.1 Å². The summed E-state index contributed by atoms with van der Waals surface area (Å²) >= 11 is 0. The minimum Gasteiger partial charge on any atom is -0.365 e. The fourth-order valence-corrected chi connectivity index (χ4v) is 7.00. The number of aliphatic hydroxyl groups is 1. The molecule has 2 unspecified atom stereocenters. The van der Waals surface area contributed by atoms with Crippen molar-refractivity contribution in [3.05, 3.63) is 31.1 Å². The third-order valence-corrected chi connectivity index (χ3v) is 10.1. The molecule has 3 rings (SSSR count). The standard InChI is InChI=1S/C38H63N9O6/c1-10-12-14-27(30(48)33(50)39-16-11-2)42-32(49)29-26(24(3)4)15-19-47(29)35(52)31(38(7,8)9)44-37(53)43-28(25(5)6)34(51)45-20-22-46(23-21-45)36-40-17-13-18-41-36/h11,13,17-18,24-29,31,37,43-44,53H,2,10,12,14-16,19-23H2,1,3-9H3,(H,39,50)(H,42,49)/t26-,27?,28+,29+,31-,37?/m1/s1. The van der Waals surface area contributed by atoms with Crippen molar-refractivity contribution >= 4 is 35.4 Å². The first-order valence-corrected chi connectivity index (χ1v) is 19.1. The highest BCUT2D eigenvalue weighted by molar-refractivity contribution is 6.38. The SMILES string of the molecule is C=CCNC(=O)C(=O)C(CCCC)NC(=O)[C@@H]1[C@@H](C(C)C)CCN1C(=O)[C@@H](NC(O)N[C@H](C(=O)N1CCN(c2ncccn2)CC1)C(C)C)C(C)(C)C. The Hall–Kier alpha value is -3.95. The molecule has 4 amide bonds. The van der Waals surface area contributed by atoms with Gasteiger partial charge in [0.25, 0.3) is 5.91 Å². The first-order chi connectivity index (χ1) is 25.0. The molecule has 1 aromatic rings. The van der Waals surface area contributed by atoms with Gasteiger partial charge in [-0.05, 0) is 42.1 Å². The molecule has 0 spiro atoms. The molecular weight excluding hydrogens is 678 g/mol. The fraction of sp³-hybridized carbons (Fsp3) is 0.711. The molecule has 2 fully saturated rings. The molecule has 15 heteroatoms. The number of aromatic nitrogens is 2. The van der Waals surface area contributed by atoms with Crippen LogP contribution in [0.3, 0.4) is 0 Å². The van der Waals surface area contributed by atoms with E-state index in [0.29, 0.717) is 51.5 Å². The predicted octanol–water partition coefficient (Wildman–Crippen LogP) is 1.44. The van der Waals surface area contributed by atoms with Crippen LogP contribution in [-0.2, 0) is 24.0 Å². The third-order valence-electron chi connectivity index (χ3n) is 10.1. The number of ketones is 1. The Bertz CT molecular complexity index is 1390. The number of unbranched alkanes of at least 4 members (excludes halogenated alkanes) is 1. The highest BCUT2D eigenvalue weighted by Crippen LogP contribution is 2.33. The number of nitrogens with one attached hydrogen (secondary N) is 4. The van der Waals surface area contributed by atoms with Crippen molar-refractivity contribution in [3.8, 4) is 0 Å². The molecule has 53 heavy (non-hydrogen) atoms. The van der Waals surface area contributed by atoms with Crippen LogP contribution < -0.4 is 26.2 Å². The normalized spacial score (nSPS) is 20.2. The minimum atomic E-state index is -1.43. The van der Waals surface area contributed by atoms with Gasteiger partial charge in [0.15, 0.2) is 6.35 Å². The maximum Gasteiger partial charge on any atom is 0.289 e. The van der Waals surface area contributed by atoms with Crippen LogP contribution in [0.4, 0.5) is 5.95 Å². The van der Waals surface area contributed by atoms with Crippen molar-refractivity contribution in [1.82, 2.24) is 41.0 Å². The largest absolute Gasteiger partial charge is 0.365 e. The Kier molecular flexibility index (Phi) is 16.3. The van der Waals surface area contributed by atoms with E-state index in [2.05, 4.69) is 37.8 Å². The van der Waals surface area contributed by atoms with Crippen LogP contribution in [0.1, 0.15) is 81.1 Å². The van der Waals surface area contributed by atoms with E-state index in [4.69, 9.17) is 0 Å². The molecular formula is C38H63N9O6. The van der Waals surface area contributed by atoms with E-state index < -0.39 is 53.5 Å². The minimum absolute atomic E-state index is 0.0393. The molecule has 1 aromatic heterocycles. The number of carbonyl (C=O) groups is 5. The van der Waals surface area contributed by atoms with Crippen LogP contribution in [-0.4, -0.2) is 124 Å².